The number of allylic oxidation sites excluding steroid dienone is 1. The van der Waals surface area contributed by atoms with Crippen molar-refractivity contribution in [2.45, 2.75) is 6.42 Å². The Kier molecular flexibility index (Phi) is 6.73. The van der Waals surface area contributed by atoms with E-state index in [1.807, 2.05) is 24.3 Å². The Morgan fingerprint density at radius 1 is 1.12 bits per heavy atom. The average Bonchev–Trinajstić information content (AvgIpc) is 2.59. The van der Waals surface area contributed by atoms with Crippen molar-refractivity contribution in [1.29, 1.82) is 0 Å². The van der Waals surface area contributed by atoms with Gasteiger partial charge in [0.1, 0.15) is 29.6 Å². The number of carbonyl (C=O) groups is 1. The van der Waals surface area contributed by atoms with Gasteiger partial charge in [0.05, 0.1) is 6.54 Å². The molecule has 0 spiro atoms. The molecule has 0 aliphatic carbocycles. The van der Waals surface area contributed by atoms with Crippen LogP contribution < -0.4 is 10.1 Å². The number of rotatable bonds is 6. The molecule has 0 unspecified atom stereocenters. The van der Waals surface area contributed by atoms with Gasteiger partial charge in [-0.15, -0.1) is 6.58 Å². The van der Waals surface area contributed by atoms with Crippen molar-refractivity contribution in [1.82, 2.24) is 5.32 Å². The molecule has 0 atom stereocenters. The van der Waals surface area contributed by atoms with Gasteiger partial charge in [-0.2, -0.15) is 0 Å². The number of nitrogens with one attached hydrogen (secondary N) is 1. The molecular weight excluding hydrogens is 324 g/mol. The third-order valence-corrected chi connectivity index (χ3v) is 3.29. The highest BCUT2D eigenvalue weighted by molar-refractivity contribution is 5.94. The Hall–Kier alpha value is -3.13. The molecule has 2 aromatic rings. The first-order chi connectivity index (χ1) is 12.1. The average molecular weight is 341 g/mol. The highest BCUT2D eigenvalue weighted by Crippen LogP contribution is 2.18. The first-order valence-corrected chi connectivity index (χ1v) is 7.63. The Labute approximate surface area is 145 Å². The maximum atomic E-state index is 13.5. The van der Waals surface area contributed by atoms with E-state index >= 15 is 0 Å². The van der Waals surface area contributed by atoms with E-state index < -0.39 is 23.1 Å². The summed E-state index contributed by atoms with van der Waals surface area (Å²) in [7, 11) is 0. The summed E-state index contributed by atoms with van der Waals surface area (Å²) in [5, 5.41) is 2.35. The number of ether oxygens (including phenoxy) is 1. The predicted molar refractivity (Wildman–Crippen MR) is 92.3 cm³/mol. The molecule has 0 saturated carbocycles. The fraction of sp³-hybridized carbons (Fsp3) is 0.150. The van der Waals surface area contributed by atoms with Crippen LogP contribution >= 0.6 is 0 Å². The van der Waals surface area contributed by atoms with Gasteiger partial charge in [-0.25, -0.2) is 8.78 Å². The van der Waals surface area contributed by atoms with Crippen LogP contribution in [-0.4, -0.2) is 19.1 Å². The van der Waals surface area contributed by atoms with Crippen LogP contribution in [0.4, 0.5) is 8.78 Å². The van der Waals surface area contributed by atoms with E-state index in [1.165, 1.54) is 6.07 Å². The highest BCUT2D eigenvalue weighted by atomic mass is 19.1. The Morgan fingerprint density at radius 3 is 2.56 bits per heavy atom. The van der Waals surface area contributed by atoms with Crippen molar-refractivity contribution in [3.8, 4) is 17.6 Å². The SMILES string of the molecule is C=CCc1ccccc1OCC#CCNC(=O)c1c(F)cccc1F. The minimum Gasteiger partial charge on any atom is -0.481 e. The van der Waals surface area contributed by atoms with Crippen LogP contribution in [0.1, 0.15) is 15.9 Å². The monoisotopic (exact) mass is 341 g/mol. The summed E-state index contributed by atoms with van der Waals surface area (Å²) in [6.45, 7) is 3.79. The van der Waals surface area contributed by atoms with Crippen molar-refractivity contribution >= 4 is 5.91 Å². The maximum absolute atomic E-state index is 13.5. The summed E-state index contributed by atoms with van der Waals surface area (Å²) in [5.41, 5.74) is 0.390. The molecule has 5 heteroatoms. The predicted octanol–water partition coefficient (Wildman–Crippen LogP) is 3.51. The standard InChI is InChI=1S/C20H17F2NO2/c1-2-8-15-9-3-4-12-18(15)25-14-6-5-13-23-20(24)19-16(21)10-7-11-17(19)22/h2-4,7,9-12H,1,8,13-14H2,(H,23,24). The highest BCUT2D eigenvalue weighted by Gasteiger charge is 2.15. The minimum absolute atomic E-state index is 0.0374. The summed E-state index contributed by atoms with van der Waals surface area (Å²) in [4.78, 5) is 11.8. The molecule has 0 heterocycles. The van der Waals surface area contributed by atoms with Crippen molar-refractivity contribution in [3.63, 3.8) is 0 Å². The van der Waals surface area contributed by atoms with E-state index in [2.05, 4.69) is 23.7 Å². The quantitative estimate of drug-likeness (QED) is 0.645. The van der Waals surface area contributed by atoms with E-state index in [-0.39, 0.29) is 13.2 Å². The van der Waals surface area contributed by atoms with Gasteiger partial charge in [0, 0.05) is 0 Å². The van der Waals surface area contributed by atoms with Crippen LogP contribution in [0.3, 0.4) is 0 Å². The fourth-order valence-electron chi connectivity index (χ4n) is 2.12. The molecule has 1 N–H and O–H groups in total. The minimum atomic E-state index is -0.910. The Bertz CT molecular complexity index is 802. The zero-order chi connectivity index (χ0) is 18.1. The molecule has 0 radical (unpaired) electrons. The zero-order valence-electron chi connectivity index (χ0n) is 13.5. The second kappa shape index (κ2) is 9.24. The fourth-order valence-corrected chi connectivity index (χ4v) is 2.12. The van der Waals surface area contributed by atoms with Crippen LogP contribution in [0, 0.1) is 23.5 Å². The first kappa shape index (κ1) is 18.2. The number of benzene rings is 2. The van der Waals surface area contributed by atoms with E-state index in [0.717, 1.165) is 17.7 Å². The summed E-state index contributed by atoms with van der Waals surface area (Å²) in [6, 6.07) is 10.8. The van der Waals surface area contributed by atoms with E-state index in [9.17, 15) is 13.6 Å². The molecule has 2 rings (SSSR count). The summed E-state index contributed by atoms with van der Waals surface area (Å²) < 4.78 is 32.5. The summed E-state index contributed by atoms with van der Waals surface area (Å²) >= 11 is 0. The lowest BCUT2D eigenvalue weighted by molar-refractivity contribution is 0.0950. The largest absolute Gasteiger partial charge is 0.481 e. The normalized spacial score (nSPS) is 9.68. The van der Waals surface area contributed by atoms with Gasteiger partial charge in [0.15, 0.2) is 0 Å². The molecule has 25 heavy (non-hydrogen) atoms. The third kappa shape index (κ3) is 5.18. The van der Waals surface area contributed by atoms with Crippen molar-refractivity contribution in [2.24, 2.45) is 0 Å². The Balaban J connectivity index is 1.84. The zero-order valence-corrected chi connectivity index (χ0v) is 13.5. The van der Waals surface area contributed by atoms with E-state index in [1.54, 1.807) is 6.08 Å². The van der Waals surface area contributed by atoms with Gasteiger partial charge in [-0.3, -0.25) is 4.79 Å². The summed E-state index contributed by atoms with van der Waals surface area (Å²) in [6.07, 6.45) is 2.47. The van der Waals surface area contributed by atoms with Gasteiger partial charge < -0.3 is 10.1 Å². The molecule has 0 aliphatic rings. The molecule has 0 aliphatic heterocycles. The molecular formula is C20H17F2NO2. The van der Waals surface area contributed by atoms with Crippen LogP contribution in [0.15, 0.2) is 55.1 Å². The van der Waals surface area contributed by atoms with Crippen LogP contribution in [0.25, 0.3) is 0 Å². The molecule has 0 aromatic heterocycles. The van der Waals surface area contributed by atoms with Crippen molar-refractivity contribution in [2.75, 3.05) is 13.2 Å². The lowest BCUT2D eigenvalue weighted by atomic mass is 10.1. The van der Waals surface area contributed by atoms with Gasteiger partial charge in [-0.1, -0.05) is 42.2 Å². The Morgan fingerprint density at radius 2 is 1.84 bits per heavy atom. The number of carbonyl (C=O) groups excluding carboxylic acids is 1. The third-order valence-electron chi connectivity index (χ3n) is 3.29. The topological polar surface area (TPSA) is 38.3 Å². The maximum Gasteiger partial charge on any atom is 0.258 e. The number of hydrogen-bond acceptors (Lipinski definition) is 2. The first-order valence-electron chi connectivity index (χ1n) is 7.63. The molecule has 1 amide bonds. The number of halogens is 2. The lowest BCUT2D eigenvalue weighted by Crippen LogP contribution is -2.25. The molecule has 0 bridgehead atoms. The van der Waals surface area contributed by atoms with Gasteiger partial charge in [0.25, 0.3) is 5.91 Å². The molecule has 0 fully saturated rings. The lowest BCUT2D eigenvalue weighted by Gasteiger charge is -2.07. The molecule has 0 saturated heterocycles. The van der Waals surface area contributed by atoms with Crippen LogP contribution in [0.5, 0.6) is 5.75 Å². The summed E-state index contributed by atoms with van der Waals surface area (Å²) in [5.74, 6) is 3.47. The smallest absolute Gasteiger partial charge is 0.258 e. The van der Waals surface area contributed by atoms with Crippen molar-refractivity contribution < 1.29 is 18.3 Å². The van der Waals surface area contributed by atoms with Gasteiger partial charge in [0.2, 0.25) is 0 Å². The van der Waals surface area contributed by atoms with Crippen LogP contribution in [-0.2, 0) is 6.42 Å². The van der Waals surface area contributed by atoms with Crippen LogP contribution in [0.2, 0.25) is 0 Å². The van der Waals surface area contributed by atoms with Crippen molar-refractivity contribution in [3.05, 3.63) is 77.9 Å². The van der Waals surface area contributed by atoms with E-state index in [0.29, 0.717) is 12.2 Å². The number of para-hydroxylation sites is 1. The van der Waals surface area contributed by atoms with Gasteiger partial charge >= 0.3 is 0 Å². The number of hydrogen-bond donors (Lipinski definition) is 1. The second-order valence-corrected chi connectivity index (χ2v) is 5.02. The molecule has 3 nitrogen and oxygen atoms in total. The number of amides is 1. The molecule has 128 valence electrons. The second-order valence-electron chi connectivity index (χ2n) is 5.02. The van der Waals surface area contributed by atoms with E-state index in [4.69, 9.17) is 4.74 Å². The van der Waals surface area contributed by atoms with Gasteiger partial charge in [-0.05, 0) is 30.2 Å². The molecule has 2 aromatic carbocycles.